The van der Waals surface area contributed by atoms with Crippen molar-refractivity contribution in [2.24, 2.45) is 9.98 Å². The van der Waals surface area contributed by atoms with Crippen molar-refractivity contribution in [1.29, 1.82) is 0 Å². The van der Waals surface area contributed by atoms with E-state index in [1.807, 2.05) is 6.21 Å². The lowest BCUT2D eigenvalue weighted by molar-refractivity contribution is 0.592. The van der Waals surface area contributed by atoms with Gasteiger partial charge in [0.2, 0.25) is 0 Å². The molecule has 2 nitrogen and oxygen atoms in total. The molecule has 22 heavy (non-hydrogen) atoms. The third-order valence-electron chi connectivity index (χ3n) is 4.23. The summed E-state index contributed by atoms with van der Waals surface area (Å²) < 4.78 is 0. The van der Waals surface area contributed by atoms with Crippen molar-refractivity contribution in [2.45, 2.75) is 37.6 Å². The molecule has 1 aliphatic heterocycles. The van der Waals surface area contributed by atoms with Crippen molar-refractivity contribution in [3.63, 3.8) is 0 Å². The van der Waals surface area contributed by atoms with Crippen LogP contribution in [0.3, 0.4) is 0 Å². The van der Waals surface area contributed by atoms with Crippen LogP contribution in [0.4, 0.5) is 0 Å². The molecule has 112 valence electrons. The van der Waals surface area contributed by atoms with Crippen LogP contribution < -0.4 is 0 Å². The first kappa shape index (κ1) is 14.7. The summed E-state index contributed by atoms with van der Waals surface area (Å²) in [6.45, 7) is 0. The second-order valence-corrected chi connectivity index (χ2v) is 5.79. The summed E-state index contributed by atoms with van der Waals surface area (Å²) in [7, 11) is 0. The van der Waals surface area contributed by atoms with Crippen LogP contribution in [0.1, 0.15) is 42.7 Å². The Morgan fingerprint density at radius 3 is 2.00 bits per heavy atom. The molecule has 2 aromatic rings. The zero-order valence-corrected chi connectivity index (χ0v) is 12.8. The van der Waals surface area contributed by atoms with Crippen LogP contribution in [0.5, 0.6) is 0 Å². The van der Waals surface area contributed by atoms with Crippen LogP contribution in [0.2, 0.25) is 0 Å². The van der Waals surface area contributed by atoms with Crippen molar-refractivity contribution in [3.05, 3.63) is 71.8 Å². The molecular formula is C20H22N2. The van der Waals surface area contributed by atoms with E-state index < -0.39 is 0 Å². The van der Waals surface area contributed by atoms with Crippen molar-refractivity contribution in [3.8, 4) is 0 Å². The molecule has 2 heteroatoms. The zero-order valence-electron chi connectivity index (χ0n) is 12.8. The topological polar surface area (TPSA) is 24.7 Å². The van der Waals surface area contributed by atoms with Crippen molar-refractivity contribution in [1.82, 2.24) is 0 Å². The summed E-state index contributed by atoms with van der Waals surface area (Å²) in [5, 5.41) is 0. The average molecular weight is 290 g/mol. The number of hydrogen-bond acceptors (Lipinski definition) is 2. The standard InChI is InChI=1S/C20H22N2/c1-3-9-17(10-4-1)20(18-11-5-2-6-12-18)14-8-7-13-19-15-21-16-22-19/h1-6,9-12,15-16,19-20H,7-8,13-14H2. The highest BCUT2D eigenvalue weighted by atomic mass is 14.9. The Balaban J connectivity index is 1.62. The molecule has 1 atom stereocenters. The van der Waals surface area contributed by atoms with E-state index in [4.69, 9.17) is 0 Å². The van der Waals surface area contributed by atoms with Crippen LogP contribution >= 0.6 is 0 Å². The molecule has 3 rings (SSSR count). The molecular weight excluding hydrogens is 268 g/mol. The maximum atomic E-state index is 4.32. The van der Waals surface area contributed by atoms with Gasteiger partial charge in [0, 0.05) is 12.1 Å². The third kappa shape index (κ3) is 3.91. The lowest BCUT2D eigenvalue weighted by Crippen LogP contribution is -2.04. The fourth-order valence-corrected chi connectivity index (χ4v) is 3.05. The van der Waals surface area contributed by atoms with E-state index in [0.717, 1.165) is 6.42 Å². The van der Waals surface area contributed by atoms with E-state index >= 15 is 0 Å². The number of hydrogen-bond donors (Lipinski definition) is 0. The third-order valence-corrected chi connectivity index (χ3v) is 4.23. The molecule has 1 heterocycles. The fourth-order valence-electron chi connectivity index (χ4n) is 3.05. The molecule has 1 aliphatic rings. The summed E-state index contributed by atoms with van der Waals surface area (Å²) >= 11 is 0. The first-order valence-electron chi connectivity index (χ1n) is 8.08. The Labute approximate surface area is 132 Å². The van der Waals surface area contributed by atoms with Gasteiger partial charge in [0.15, 0.2) is 0 Å². The number of rotatable bonds is 7. The normalized spacial score (nSPS) is 16.5. The maximum absolute atomic E-state index is 4.32. The molecule has 1 unspecified atom stereocenters. The smallest absolute Gasteiger partial charge is 0.110 e. The van der Waals surface area contributed by atoms with Gasteiger partial charge in [-0.15, -0.1) is 0 Å². The maximum Gasteiger partial charge on any atom is 0.110 e. The van der Waals surface area contributed by atoms with Crippen LogP contribution in [0, 0.1) is 0 Å². The second kappa shape index (κ2) is 7.69. The van der Waals surface area contributed by atoms with Crippen molar-refractivity contribution >= 4 is 12.6 Å². The lowest BCUT2D eigenvalue weighted by Gasteiger charge is -2.18. The average Bonchev–Trinajstić information content (AvgIpc) is 3.10. The van der Waals surface area contributed by atoms with Gasteiger partial charge in [-0.3, -0.25) is 4.99 Å². The van der Waals surface area contributed by atoms with Crippen molar-refractivity contribution in [2.75, 3.05) is 0 Å². The van der Waals surface area contributed by atoms with Gasteiger partial charge in [-0.25, -0.2) is 4.99 Å². The number of benzene rings is 2. The molecule has 0 spiro atoms. The lowest BCUT2D eigenvalue weighted by atomic mass is 9.87. The summed E-state index contributed by atoms with van der Waals surface area (Å²) in [6, 6.07) is 22.0. The summed E-state index contributed by atoms with van der Waals surface area (Å²) in [4.78, 5) is 8.38. The summed E-state index contributed by atoms with van der Waals surface area (Å²) in [5.41, 5.74) is 2.82. The monoisotopic (exact) mass is 290 g/mol. The van der Waals surface area contributed by atoms with Gasteiger partial charge in [-0.2, -0.15) is 0 Å². The van der Waals surface area contributed by atoms with Crippen LogP contribution in [0.25, 0.3) is 0 Å². The SMILES string of the molecule is C1=NC=NC1CCCCC(c1ccccc1)c1ccccc1. The molecule has 0 fully saturated rings. The Bertz CT molecular complexity index is 565. The van der Waals surface area contributed by atoms with Crippen LogP contribution in [0.15, 0.2) is 70.6 Å². The molecule has 0 aliphatic carbocycles. The minimum Gasteiger partial charge on any atom is -0.264 e. The van der Waals surface area contributed by atoms with Gasteiger partial charge < -0.3 is 0 Å². The molecule has 0 amide bonds. The largest absolute Gasteiger partial charge is 0.264 e. The van der Waals surface area contributed by atoms with E-state index in [1.165, 1.54) is 30.4 Å². The highest BCUT2D eigenvalue weighted by molar-refractivity contribution is 5.82. The number of unbranched alkanes of at least 4 members (excludes halogenated alkanes) is 1. The Hall–Kier alpha value is -2.22. The van der Waals surface area contributed by atoms with Gasteiger partial charge >= 0.3 is 0 Å². The van der Waals surface area contributed by atoms with E-state index in [1.54, 1.807) is 6.34 Å². The molecule has 0 saturated carbocycles. The first-order chi connectivity index (χ1) is 10.9. The predicted molar refractivity (Wildman–Crippen MR) is 94.0 cm³/mol. The minimum atomic E-state index is 0.312. The van der Waals surface area contributed by atoms with Gasteiger partial charge in [-0.05, 0) is 24.0 Å². The van der Waals surface area contributed by atoms with Gasteiger partial charge in [0.05, 0.1) is 6.04 Å². The van der Waals surface area contributed by atoms with Crippen LogP contribution in [-0.4, -0.2) is 18.6 Å². The number of aliphatic imine (C=N–C) groups is 2. The Kier molecular flexibility index (Phi) is 5.14. The van der Waals surface area contributed by atoms with E-state index in [9.17, 15) is 0 Å². The Morgan fingerprint density at radius 2 is 1.45 bits per heavy atom. The summed E-state index contributed by atoms with van der Waals surface area (Å²) in [5.74, 6) is 0.489. The summed E-state index contributed by atoms with van der Waals surface area (Å²) in [6.07, 6.45) is 8.32. The molecule has 0 N–H and O–H groups in total. The molecule has 0 bridgehead atoms. The predicted octanol–water partition coefficient (Wildman–Crippen LogP) is 4.86. The highest BCUT2D eigenvalue weighted by Gasteiger charge is 2.14. The zero-order chi connectivity index (χ0) is 15.0. The van der Waals surface area contributed by atoms with Gasteiger partial charge in [0.25, 0.3) is 0 Å². The van der Waals surface area contributed by atoms with Crippen LogP contribution in [-0.2, 0) is 0 Å². The van der Waals surface area contributed by atoms with E-state index in [-0.39, 0.29) is 0 Å². The highest BCUT2D eigenvalue weighted by Crippen LogP contribution is 2.29. The van der Waals surface area contributed by atoms with E-state index in [0.29, 0.717) is 12.0 Å². The molecule has 0 radical (unpaired) electrons. The molecule has 0 saturated heterocycles. The quantitative estimate of drug-likeness (QED) is 0.651. The number of nitrogens with zero attached hydrogens (tertiary/aromatic N) is 2. The molecule has 2 aromatic carbocycles. The van der Waals surface area contributed by atoms with Crippen molar-refractivity contribution < 1.29 is 0 Å². The van der Waals surface area contributed by atoms with Gasteiger partial charge in [-0.1, -0.05) is 73.5 Å². The van der Waals surface area contributed by atoms with Gasteiger partial charge in [0.1, 0.15) is 6.34 Å². The Morgan fingerprint density at radius 1 is 0.818 bits per heavy atom. The van der Waals surface area contributed by atoms with E-state index in [2.05, 4.69) is 70.6 Å². The fraction of sp³-hybridized carbons (Fsp3) is 0.300. The first-order valence-corrected chi connectivity index (χ1v) is 8.08. The minimum absolute atomic E-state index is 0.312. The second-order valence-electron chi connectivity index (χ2n) is 5.79. The molecule has 0 aromatic heterocycles.